The molecule has 0 saturated heterocycles. The van der Waals surface area contributed by atoms with Gasteiger partial charge in [-0.05, 0) is 13.0 Å². The molecule has 64 valence electrons. The van der Waals surface area contributed by atoms with Crippen molar-refractivity contribution in [3.63, 3.8) is 0 Å². The number of nitrogens with one attached hydrogen (secondary N) is 1. The summed E-state index contributed by atoms with van der Waals surface area (Å²) in [4.78, 5) is 0. The van der Waals surface area contributed by atoms with Crippen molar-refractivity contribution in [3.8, 4) is 0 Å². The van der Waals surface area contributed by atoms with Gasteiger partial charge in [0.2, 0.25) is 0 Å². The molecule has 3 nitrogen and oxygen atoms in total. The predicted molar refractivity (Wildman–Crippen MR) is 50.0 cm³/mol. The van der Waals surface area contributed by atoms with E-state index >= 15 is 0 Å². The summed E-state index contributed by atoms with van der Waals surface area (Å²) >= 11 is 0. The van der Waals surface area contributed by atoms with Crippen molar-refractivity contribution in [2.24, 2.45) is 5.16 Å². The lowest BCUT2D eigenvalue weighted by Crippen LogP contribution is -2.00. The normalized spacial score (nSPS) is 11.3. The third kappa shape index (κ3) is 1.56. The molecule has 3 heteroatoms. The van der Waals surface area contributed by atoms with Crippen LogP contribution in [0.2, 0.25) is 0 Å². The molecule has 12 heavy (non-hydrogen) atoms. The third-order valence-corrected chi connectivity index (χ3v) is 1.74. The maximum atomic E-state index is 8.57. The Kier molecular flexibility index (Phi) is 2.69. The van der Waals surface area contributed by atoms with Gasteiger partial charge in [-0.3, -0.25) is 0 Å². The van der Waals surface area contributed by atoms with Gasteiger partial charge in [0.25, 0.3) is 0 Å². The summed E-state index contributed by atoms with van der Waals surface area (Å²) in [7, 11) is 1.84. The average Bonchev–Trinajstić information content (AvgIpc) is 2.16. The number of benzene rings is 1. The molecule has 0 amide bonds. The Hall–Kier alpha value is -1.51. The van der Waals surface area contributed by atoms with Crippen LogP contribution in [0, 0.1) is 0 Å². The first kappa shape index (κ1) is 8.59. The zero-order valence-electron chi connectivity index (χ0n) is 7.20. The quantitative estimate of drug-likeness (QED) is 0.398. The minimum atomic E-state index is 0.611. The molecule has 0 spiro atoms. The highest BCUT2D eigenvalue weighted by Crippen LogP contribution is 2.14. The van der Waals surface area contributed by atoms with Crippen LogP contribution in [0.3, 0.4) is 0 Å². The first-order valence-electron chi connectivity index (χ1n) is 3.75. The van der Waals surface area contributed by atoms with Gasteiger partial charge in [-0.2, -0.15) is 0 Å². The van der Waals surface area contributed by atoms with E-state index in [-0.39, 0.29) is 0 Å². The Bertz CT molecular complexity index is 294. The molecule has 1 aromatic carbocycles. The van der Waals surface area contributed by atoms with Gasteiger partial charge in [0.1, 0.15) is 0 Å². The highest BCUT2D eigenvalue weighted by atomic mass is 16.4. The number of nitrogens with zero attached hydrogens (tertiary/aromatic N) is 1. The molecule has 2 N–H and O–H groups in total. The van der Waals surface area contributed by atoms with Crippen LogP contribution >= 0.6 is 0 Å². The van der Waals surface area contributed by atoms with Crippen LogP contribution in [0.4, 0.5) is 5.69 Å². The summed E-state index contributed by atoms with van der Waals surface area (Å²) < 4.78 is 0. The third-order valence-electron chi connectivity index (χ3n) is 1.74. The Morgan fingerprint density at radius 3 is 2.67 bits per heavy atom. The monoisotopic (exact) mass is 164 g/mol. The standard InChI is InChI=1S/C9H12N2O/c1-7(11-12)8-5-3-4-6-9(8)10-2/h3-6,10,12H,1-2H3/b11-7-. The van der Waals surface area contributed by atoms with Crippen LogP contribution in [0.1, 0.15) is 12.5 Å². The molecule has 1 aromatic rings. The Morgan fingerprint density at radius 1 is 1.42 bits per heavy atom. The minimum absolute atomic E-state index is 0.611. The van der Waals surface area contributed by atoms with Gasteiger partial charge in [0, 0.05) is 18.3 Å². The number of rotatable bonds is 2. The number of oxime groups is 1. The zero-order chi connectivity index (χ0) is 8.97. The molecule has 0 aromatic heterocycles. The van der Waals surface area contributed by atoms with Crippen LogP contribution in [0.5, 0.6) is 0 Å². The van der Waals surface area contributed by atoms with Crippen molar-refractivity contribution in [2.45, 2.75) is 6.92 Å². The summed E-state index contributed by atoms with van der Waals surface area (Å²) in [5.41, 5.74) is 2.50. The summed E-state index contributed by atoms with van der Waals surface area (Å²) in [5.74, 6) is 0. The Labute approximate surface area is 71.7 Å². The minimum Gasteiger partial charge on any atom is -0.411 e. The van der Waals surface area contributed by atoms with Crippen LogP contribution in [-0.4, -0.2) is 18.0 Å². The Balaban J connectivity index is 3.13. The number of hydrogen-bond donors (Lipinski definition) is 2. The molecule has 0 bridgehead atoms. The maximum Gasteiger partial charge on any atom is 0.0857 e. The lowest BCUT2D eigenvalue weighted by atomic mass is 10.1. The second-order valence-electron chi connectivity index (χ2n) is 2.48. The number of hydrogen-bond acceptors (Lipinski definition) is 3. The fourth-order valence-electron chi connectivity index (χ4n) is 1.07. The molecule has 0 atom stereocenters. The fraction of sp³-hybridized carbons (Fsp3) is 0.222. The van der Waals surface area contributed by atoms with Gasteiger partial charge in [-0.25, -0.2) is 0 Å². The molecule has 0 unspecified atom stereocenters. The van der Waals surface area contributed by atoms with E-state index in [4.69, 9.17) is 5.21 Å². The van der Waals surface area contributed by atoms with Gasteiger partial charge in [0.05, 0.1) is 5.71 Å². The number of para-hydroxylation sites is 1. The second kappa shape index (κ2) is 3.76. The average molecular weight is 164 g/mol. The largest absolute Gasteiger partial charge is 0.411 e. The van der Waals surface area contributed by atoms with E-state index in [1.165, 1.54) is 0 Å². The number of anilines is 1. The predicted octanol–water partition coefficient (Wildman–Crippen LogP) is 1.93. The first-order valence-corrected chi connectivity index (χ1v) is 3.75. The van der Waals surface area contributed by atoms with E-state index in [2.05, 4.69) is 10.5 Å². The van der Waals surface area contributed by atoms with Gasteiger partial charge in [-0.1, -0.05) is 23.4 Å². The summed E-state index contributed by atoms with van der Waals surface area (Å²) in [5, 5.41) is 14.7. The molecule has 0 radical (unpaired) electrons. The first-order chi connectivity index (χ1) is 5.79. The van der Waals surface area contributed by atoms with E-state index in [1.807, 2.05) is 31.3 Å². The van der Waals surface area contributed by atoms with Crippen molar-refractivity contribution in [2.75, 3.05) is 12.4 Å². The second-order valence-corrected chi connectivity index (χ2v) is 2.48. The van der Waals surface area contributed by atoms with Crippen molar-refractivity contribution < 1.29 is 5.21 Å². The topological polar surface area (TPSA) is 44.6 Å². The summed E-state index contributed by atoms with van der Waals surface area (Å²) in [6.07, 6.45) is 0. The fourth-order valence-corrected chi connectivity index (χ4v) is 1.07. The van der Waals surface area contributed by atoms with E-state index in [0.29, 0.717) is 5.71 Å². The SMILES string of the molecule is CNc1ccccc1/C(C)=N\O. The van der Waals surface area contributed by atoms with Gasteiger partial charge < -0.3 is 10.5 Å². The highest BCUT2D eigenvalue weighted by molar-refractivity contribution is 6.03. The molecule has 0 heterocycles. The molecule has 0 aliphatic carbocycles. The maximum absolute atomic E-state index is 8.57. The van der Waals surface area contributed by atoms with Crippen molar-refractivity contribution >= 4 is 11.4 Å². The molecule has 0 aliphatic rings. The van der Waals surface area contributed by atoms with E-state index in [9.17, 15) is 0 Å². The summed E-state index contributed by atoms with van der Waals surface area (Å²) in [6.45, 7) is 1.76. The van der Waals surface area contributed by atoms with Gasteiger partial charge in [0.15, 0.2) is 0 Å². The summed E-state index contributed by atoms with van der Waals surface area (Å²) in [6, 6.07) is 7.68. The lowest BCUT2D eigenvalue weighted by molar-refractivity contribution is 0.319. The smallest absolute Gasteiger partial charge is 0.0857 e. The highest BCUT2D eigenvalue weighted by Gasteiger charge is 2.01. The van der Waals surface area contributed by atoms with Crippen LogP contribution < -0.4 is 5.32 Å². The molecule has 1 rings (SSSR count). The Morgan fingerprint density at radius 2 is 2.08 bits per heavy atom. The lowest BCUT2D eigenvalue weighted by Gasteiger charge is -2.06. The molecule has 0 aliphatic heterocycles. The van der Waals surface area contributed by atoms with Crippen LogP contribution in [0.25, 0.3) is 0 Å². The van der Waals surface area contributed by atoms with Crippen molar-refractivity contribution in [1.82, 2.24) is 0 Å². The van der Waals surface area contributed by atoms with Gasteiger partial charge in [-0.15, -0.1) is 0 Å². The molecule has 0 fully saturated rings. The zero-order valence-corrected chi connectivity index (χ0v) is 7.20. The van der Waals surface area contributed by atoms with Crippen molar-refractivity contribution in [1.29, 1.82) is 0 Å². The molecular weight excluding hydrogens is 152 g/mol. The van der Waals surface area contributed by atoms with Gasteiger partial charge >= 0.3 is 0 Å². The molecular formula is C9H12N2O. The van der Waals surface area contributed by atoms with E-state index in [1.54, 1.807) is 6.92 Å². The molecule has 0 saturated carbocycles. The van der Waals surface area contributed by atoms with Crippen LogP contribution in [0.15, 0.2) is 29.4 Å². The van der Waals surface area contributed by atoms with Crippen molar-refractivity contribution in [3.05, 3.63) is 29.8 Å². The van der Waals surface area contributed by atoms with E-state index in [0.717, 1.165) is 11.3 Å². The van der Waals surface area contributed by atoms with E-state index < -0.39 is 0 Å². The van der Waals surface area contributed by atoms with Crippen LogP contribution in [-0.2, 0) is 0 Å².